The van der Waals surface area contributed by atoms with Crippen LogP contribution in [0.25, 0.3) is 0 Å². The number of piperidine rings is 1. The number of urea groups is 1. The van der Waals surface area contributed by atoms with E-state index in [4.69, 9.17) is 0 Å². The van der Waals surface area contributed by atoms with Crippen molar-refractivity contribution >= 4 is 6.03 Å². The third-order valence-corrected chi connectivity index (χ3v) is 3.01. The summed E-state index contributed by atoms with van der Waals surface area (Å²) in [7, 11) is 2.17. The fourth-order valence-corrected chi connectivity index (χ4v) is 1.96. The van der Waals surface area contributed by atoms with Crippen molar-refractivity contribution in [3.63, 3.8) is 0 Å². The van der Waals surface area contributed by atoms with Crippen molar-refractivity contribution in [1.29, 1.82) is 0 Å². The second-order valence-electron chi connectivity index (χ2n) is 4.32. The third-order valence-electron chi connectivity index (χ3n) is 3.01. The highest BCUT2D eigenvalue weighted by Crippen LogP contribution is 2.18. The van der Waals surface area contributed by atoms with E-state index in [1.165, 1.54) is 25.9 Å². The monoisotopic (exact) mass is 213 g/mol. The van der Waals surface area contributed by atoms with Crippen molar-refractivity contribution in [1.82, 2.24) is 15.5 Å². The number of hydrogen-bond acceptors (Lipinski definition) is 2. The maximum Gasteiger partial charge on any atom is 0.314 e. The number of amides is 2. The first-order valence-electron chi connectivity index (χ1n) is 5.92. The molecule has 0 unspecified atom stereocenters. The highest BCUT2D eigenvalue weighted by molar-refractivity contribution is 5.73. The molecule has 4 nitrogen and oxygen atoms in total. The van der Waals surface area contributed by atoms with E-state index in [0.29, 0.717) is 6.54 Å². The minimum absolute atomic E-state index is 0.0366. The highest BCUT2D eigenvalue weighted by atomic mass is 16.2. The summed E-state index contributed by atoms with van der Waals surface area (Å²) >= 11 is 0. The summed E-state index contributed by atoms with van der Waals surface area (Å²) in [6.07, 6.45) is 3.66. The van der Waals surface area contributed by atoms with Gasteiger partial charge in [-0.05, 0) is 52.2 Å². The number of hydrogen-bond donors (Lipinski definition) is 2. The Bertz CT molecular complexity index is 188. The molecule has 1 aliphatic rings. The Morgan fingerprint density at radius 2 is 2.00 bits per heavy atom. The summed E-state index contributed by atoms with van der Waals surface area (Å²) in [5.74, 6) is 0.795. The van der Waals surface area contributed by atoms with Crippen LogP contribution < -0.4 is 10.6 Å². The van der Waals surface area contributed by atoms with E-state index >= 15 is 0 Å². The summed E-state index contributed by atoms with van der Waals surface area (Å²) in [5.41, 5.74) is 0. The van der Waals surface area contributed by atoms with Crippen LogP contribution in [0.1, 0.15) is 26.2 Å². The summed E-state index contributed by atoms with van der Waals surface area (Å²) in [6, 6.07) is -0.0366. The van der Waals surface area contributed by atoms with E-state index in [9.17, 15) is 4.79 Å². The molecule has 0 spiro atoms. The minimum atomic E-state index is -0.0366. The van der Waals surface area contributed by atoms with Crippen molar-refractivity contribution in [2.75, 3.05) is 33.2 Å². The van der Waals surface area contributed by atoms with Crippen molar-refractivity contribution < 1.29 is 4.79 Å². The molecule has 1 saturated heterocycles. The van der Waals surface area contributed by atoms with E-state index in [0.717, 1.165) is 18.9 Å². The van der Waals surface area contributed by atoms with Gasteiger partial charge in [0.1, 0.15) is 0 Å². The molecule has 0 aromatic carbocycles. The smallest absolute Gasteiger partial charge is 0.314 e. The molecule has 1 fully saturated rings. The second kappa shape index (κ2) is 6.67. The Hall–Kier alpha value is -0.770. The minimum Gasteiger partial charge on any atom is -0.338 e. The quantitative estimate of drug-likeness (QED) is 0.733. The van der Waals surface area contributed by atoms with Gasteiger partial charge < -0.3 is 15.5 Å². The van der Waals surface area contributed by atoms with E-state index in [-0.39, 0.29) is 6.03 Å². The summed E-state index contributed by atoms with van der Waals surface area (Å²) in [5, 5.41) is 5.61. The lowest BCUT2D eigenvalue weighted by atomic mass is 9.94. The van der Waals surface area contributed by atoms with Crippen LogP contribution in [-0.4, -0.2) is 44.2 Å². The average Bonchev–Trinajstić information content (AvgIpc) is 2.21. The zero-order valence-electron chi connectivity index (χ0n) is 9.88. The van der Waals surface area contributed by atoms with Crippen molar-refractivity contribution in [2.45, 2.75) is 26.2 Å². The topological polar surface area (TPSA) is 44.4 Å². The molecule has 2 amide bonds. The van der Waals surface area contributed by atoms with Crippen LogP contribution in [0.4, 0.5) is 4.79 Å². The lowest BCUT2D eigenvalue weighted by molar-refractivity contribution is 0.209. The molecular formula is C11H23N3O. The fraction of sp³-hybridized carbons (Fsp3) is 0.909. The normalized spacial score (nSPS) is 18.8. The van der Waals surface area contributed by atoms with Gasteiger partial charge in [-0.1, -0.05) is 0 Å². The summed E-state index contributed by atoms with van der Waals surface area (Å²) in [6.45, 7) is 5.83. The van der Waals surface area contributed by atoms with Crippen LogP contribution in [0.15, 0.2) is 0 Å². The molecule has 88 valence electrons. The third kappa shape index (κ3) is 5.02. The van der Waals surface area contributed by atoms with E-state index in [1.807, 2.05) is 6.92 Å². The Balaban J connectivity index is 2.02. The standard InChI is InChI=1S/C11H23N3O/c1-3-12-11(15)13-7-4-10-5-8-14(2)9-6-10/h10H,3-9H2,1-2H3,(H2,12,13,15). The number of carbonyl (C=O) groups is 1. The van der Waals surface area contributed by atoms with E-state index in [1.54, 1.807) is 0 Å². The van der Waals surface area contributed by atoms with Gasteiger partial charge in [0.15, 0.2) is 0 Å². The summed E-state index contributed by atoms with van der Waals surface area (Å²) in [4.78, 5) is 13.5. The van der Waals surface area contributed by atoms with Gasteiger partial charge >= 0.3 is 6.03 Å². The zero-order chi connectivity index (χ0) is 11.1. The molecule has 1 heterocycles. The number of nitrogens with zero attached hydrogens (tertiary/aromatic N) is 1. The van der Waals surface area contributed by atoms with E-state index < -0.39 is 0 Å². The lowest BCUT2D eigenvalue weighted by Crippen LogP contribution is -2.37. The van der Waals surface area contributed by atoms with Crippen LogP contribution in [0.3, 0.4) is 0 Å². The molecular weight excluding hydrogens is 190 g/mol. The van der Waals surface area contributed by atoms with Crippen LogP contribution in [0.2, 0.25) is 0 Å². The molecule has 1 rings (SSSR count). The molecule has 4 heteroatoms. The van der Waals surface area contributed by atoms with Gasteiger partial charge in [0, 0.05) is 13.1 Å². The molecule has 1 aliphatic heterocycles. The van der Waals surface area contributed by atoms with Gasteiger partial charge in [0.25, 0.3) is 0 Å². The SMILES string of the molecule is CCNC(=O)NCCC1CCN(C)CC1. The molecule has 0 saturated carbocycles. The van der Waals surface area contributed by atoms with Crippen molar-refractivity contribution in [2.24, 2.45) is 5.92 Å². The molecule has 0 radical (unpaired) electrons. The largest absolute Gasteiger partial charge is 0.338 e. The number of nitrogens with one attached hydrogen (secondary N) is 2. The average molecular weight is 213 g/mol. The van der Waals surface area contributed by atoms with Gasteiger partial charge in [0.2, 0.25) is 0 Å². The van der Waals surface area contributed by atoms with Gasteiger partial charge in [-0.25, -0.2) is 4.79 Å². The maximum atomic E-state index is 11.1. The van der Waals surface area contributed by atoms with Crippen molar-refractivity contribution in [3.05, 3.63) is 0 Å². The molecule has 0 aromatic rings. The molecule has 0 aliphatic carbocycles. The summed E-state index contributed by atoms with van der Waals surface area (Å²) < 4.78 is 0. The lowest BCUT2D eigenvalue weighted by Gasteiger charge is -2.28. The predicted octanol–water partition coefficient (Wildman–Crippen LogP) is 1.04. The van der Waals surface area contributed by atoms with Gasteiger partial charge in [-0.15, -0.1) is 0 Å². The number of carbonyl (C=O) groups excluding carboxylic acids is 1. The molecule has 0 atom stereocenters. The van der Waals surface area contributed by atoms with Crippen molar-refractivity contribution in [3.8, 4) is 0 Å². The molecule has 15 heavy (non-hydrogen) atoms. The number of rotatable bonds is 4. The highest BCUT2D eigenvalue weighted by Gasteiger charge is 2.16. The van der Waals surface area contributed by atoms with Gasteiger partial charge in [-0.3, -0.25) is 0 Å². The van der Waals surface area contributed by atoms with Gasteiger partial charge in [-0.2, -0.15) is 0 Å². The van der Waals surface area contributed by atoms with Crippen LogP contribution in [0.5, 0.6) is 0 Å². The van der Waals surface area contributed by atoms with E-state index in [2.05, 4.69) is 22.6 Å². The first kappa shape index (κ1) is 12.3. The Labute approximate surface area is 92.4 Å². The Morgan fingerprint density at radius 3 is 2.60 bits per heavy atom. The Morgan fingerprint density at radius 1 is 1.33 bits per heavy atom. The first-order valence-corrected chi connectivity index (χ1v) is 5.92. The Kier molecular flexibility index (Phi) is 5.47. The fourth-order valence-electron chi connectivity index (χ4n) is 1.96. The first-order chi connectivity index (χ1) is 7.22. The second-order valence-corrected chi connectivity index (χ2v) is 4.32. The van der Waals surface area contributed by atoms with Crippen LogP contribution in [0, 0.1) is 5.92 Å². The molecule has 0 aromatic heterocycles. The molecule has 0 bridgehead atoms. The maximum absolute atomic E-state index is 11.1. The predicted molar refractivity (Wildman–Crippen MR) is 61.9 cm³/mol. The molecule has 2 N–H and O–H groups in total. The van der Waals surface area contributed by atoms with Gasteiger partial charge in [0.05, 0.1) is 0 Å². The van der Waals surface area contributed by atoms with Crippen LogP contribution in [-0.2, 0) is 0 Å². The number of likely N-dealkylation sites (tertiary alicyclic amines) is 1. The zero-order valence-corrected chi connectivity index (χ0v) is 9.88. The van der Waals surface area contributed by atoms with Crippen LogP contribution >= 0.6 is 0 Å².